The maximum absolute atomic E-state index is 12.2. The van der Waals surface area contributed by atoms with Crippen LogP contribution in [0.5, 0.6) is 0 Å². The molecule has 1 amide bonds. The van der Waals surface area contributed by atoms with Gasteiger partial charge in [-0.1, -0.05) is 43.5 Å². The van der Waals surface area contributed by atoms with E-state index < -0.39 is 5.97 Å². The largest absolute Gasteiger partial charge is 0.481 e. The molecule has 0 spiro atoms. The maximum Gasteiger partial charge on any atom is 0.303 e. The third-order valence-corrected chi connectivity index (χ3v) is 4.32. The topological polar surface area (TPSA) is 66.4 Å². The van der Waals surface area contributed by atoms with Crippen molar-refractivity contribution in [3.63, 3.8) is 0 Å². The van der Waals surface area contributed by atoms with E-state index in [9.17, 15) is 9.59 Å². The van der Waals surface area contributed by atoms with Gasteiger partial charge in [0, 0.05) is 13.0 Å². The van der Waals surface area contributed by atoms with E-state index in [2.05, 4.69) is 17.4 Å². The van der Waals surface area contributed by atoms with Gasteiger partial charge in [0.1, 0.15) is 0 Å². The third-order valence-electron chi connectivity index (χ3n) is 4.32. The molecule has 0 radical (unpaired) electrons. The molecule has 4 nitrogen and oxygen atoms in total. The molecule has 0 bridgehead atoms. The number of fused-ring (bicyclic) bond motifs is 1. The van der Waals surface area contributed by atoms with Crippen molar-refractivity contribution in [3.8, 4) is 0 Å². The fourth-order valence-electron chi connectivity index (χ4n) is 3.10. The van der Waals surface area contributed by atoms with Gasteiger partial charge in [0.15, 0.2) is 0 Å². The first-order valence-electron chi connectivity index (χ1n) is 8.26. The van der Waals surface area contributed by atoms with Crippen LogP contribution in [-0.4, -0.2) is 23.5 Å². The van der Waals surface area contributed by atoms with Gasteiger partial charge in [-0.2, -0.15) is 0 Å². The minimum atomic E-state index is -0.718. The molecule has 0 fully saturated rings. The van der Waals surface area contributed by atoms with Crippen LogP contribution in [0.3, 0.4) is 0 Å². The summed E-state index contributed by atoms with van der Waals surface area (Å²) in [7, 11) is 0. The number of carboxylic acid groups (broad SMARTS) is 1. The van der Waals surface area contributed by atoms with Crippen LogP contribution in [0, 0.1) is 0 Å². The van der Waals surface area contributed by atoms with E-state index >= 15 is 0 Å². The van der Waals surface area contributed by atoms with Gasteiger partial charge in [-0.05, 0) is 36.8 Å². The molecule has 1 aromatic rings. The fourth-order valence-corrected chi connectivity index (χ4v) is 3.10. The van der Waals surface area contributed by atoms with Crippen LogP contribution in [-0.2, 0) is 16.0 Å². The Bertz CT molecular complexity index is 513. The van der Waals surface area contributed by atoms with Gasteiger partial charge in [-0.3, -0.25) is 9.59 Å². The molecular weight excluding hydrogens is 278 g/mol. The highest BCUT2D eigenvalue weighted by atomic mass is 16.4. The zero-order valence-electron chi connectivity index (χ0n) is 13.0. The van der Waals surface area contributed by atoms with Crippen LogP contribution in [0.15, 0.2) is 24.3 Å². The Morgan fingerprint density at radius 2 is 1.82 bits per heavy atom. The standard InChI is InChI=1S/C18H25NO3/c20-17(21)10-4-2-1-3-7-13-19-18(22)16-12-11-14-8-5-6-9-15(14)16/h5-6,8-9,16H,1-4,7,10-13H2,(H,19,22)(H,20,21). The molecule has 0 saturated carbocycles. The molecule has 0 heterocycles. The molecule has 1 aliphatic carbocycles. The highest BCUT2D eigenvalue weighted by Gasteiger charge is 2.27. The number of aryl methyl sites for hydroxylation is 1. The van der Waals surface area contributed by atoms with Crippen LogP contribution in [0.2, 0.25) is 0 Å². The molecule has 120 valence electrons. The highest BCUT2D eigenvalue weighted by Crippen LogP contribution is 2.32. The summed E-state index contributed by atoms with van der Waals surface area (Å²) < 4.78 is 0. The molecule has 1 unspecified atom stereocenters. The zero-order valence-corrected chi connectivity index (χ0v) is 13.0. The first kappa shape index (κ1) is 16.5. The lowest BCUT2D eigenvalue weighted by Crippen LogP contribution is -2.29. The van der Waals surface area contributed by atoms with Crippen LogP contribution in [0.4, 0.5) is 0 Å². The molecule has 22 heavy (non-hydrogen) atoms. The summed E-state index contributed by atoms with van der Waals surface area (Å²) >= 11 is 0. The number of carbonyl (C=O) groups excluding carboxylic acids is 1. The minimum Gasteiger partial charge on any atom is -0.481 e. The average molecular weight is 303 g/mol. The number of amides is 1. The van der Waals surface area contributed by atoms with E-state index in [0.29, 0.717) is 0 Å². The third kappa shape index (κ3) is 4.86. The van der Waals surface area contributed by atoms with Crippen molar-refractivity contribution in [1.29, 1.82) is 0 Å². The van der Waals surface area contributed by atoms with Crippen molar-refractivity contribution in [1.82, 2.24) is 5.32 Å². The van der Waals surface area contributed by atoms with E-state index in [1.807, 2.05) is 12.1 Å². The van der Waals surface area contributed by atoms with E-state index in [0.717, 1.165) is 51.5 Å². The number of carbonyl (C=O) groups is 2. The smallest absolute Gasteiger partial charge is 0.303 e. The quantitative estimate of drug-likeness (QED) is 0.688. The number of nitrogens with one attached hydrogen (secondary N) is 1. The number of benzene rings is 1. The van der Waals surface area contributed by atoms with Crippen LogP contribution >= 0.6 is 0 Å². The predicted octanol–water partition coefficient (Wildman–Crippen LogP) is 3.26. The Balaban J connectivity index is 1.58. The van der Waals surface area contributed by atoms with Crippen molar-refractivity contribution in [2.75, 3.05) is 6.54 Å². The van der Waals surface area contributed by atoms with E-state index in [4.69, 9.17) is 5.11 Å². The molecule has 1 atom stereocenters. The zero-order chi connectivity index (χ0) is 15.8. The summed E-state index contributed by atoms with van der Waals surface area (Å²) in [5, 5.41) is 11.6. The average Bonchev–Trinajstić information content (AvgIpc) is 2.93. The number of carboxylic acids is 1. The molecule has 2 N–H and O–H groups in total. The van der Waals surface area contributed by atoms with Crippen molar-refractivity contribution in [2.45, 2.75) is 57.3 Å². The number of unbranched alkanes of at least 4 members (excludes halogenated alkanes) is 4. The molecular formula is C18H25NO3. The van der Waals surface area contributed by atoms with Crippen LogP contribution in [0.1, 0.15) is 62.0 Å². The van der Waals surface area contributed by atoms with Crippen molar-refractivity contribution in [3.05, 3.63) is 35.4 Å². The van der Waals surface area contributed by atoms with Gasteiger partial charge >= 0.3 is 5.97 Å². The normalized spacial score (nSPS) is 16.3. The van der Waals surface area contributed by atoms with Gasteiger partial charge in [0.25, 0.3) is 0 Å². The second-order valence-electron chi connectivity index (χ2n) is 5.99. The highest BCUT2D eigenvalue weighted by molar-refractivity contribution is 5.84. The summed E-state index contributed by atoms with van der Waals surface area (Å²) in [4.78, 5) is 22.6. The monoisotopic (exact) mass is 303 g/mol. The molecule has 1 aromatic carbocycles. The predicted molar refractivity (Wildman–Crippen MR) is 85.9 cm³/mol. The summed E-state index contributed by atoms with van der Waals surface area (Å²) in [6.45, 7) is 0.719. The van der Waals surface area contributed by atoms with Crippen LogP contribution < -0.4 is 5.32 Å². The van der Waals surface area contributed by atoms with E-state index in [1.165, 1.54) is 11.1 Å². The van der Waals surface area contributed by atoms with Gasteiger partial charge < -0.3 is 10.4 Å². The molecule has 2 rings (SSSR count). The second-order valence-corrected chi connectivity index (χ2v) is 5.99. The van der Waals surface area contributed by atoms with E-state index in [-0.39, 0.29) is 18.2 Å². The number of hydrogen-bond acceptors (Lipinski definition) is 2. The minimum absolute atomic E-state index is 0.0202. The Morgan fingerprint density at radius 3 is 2.64 bits per heavy atom. The number of hydrogen-bond donors (Lipinski definition) is 2. The summed E-state index contributed by atoms with van der Waals surface area (Å²) in [5.41, 5.74) is 2.50. The van der Waals surface area contributed by atoms with Crippen molar-refractivity contribution < 1.29 is 14.7 Å². The lowest BCUT2D eigenvalue weighted by Gasteiger charge is -2.12. The van der Waals surface area contributed by atoms with Gasteiger partial charge in [-0.25, -0.2) is 0 Å². The summed E-state index contributed by atoms with van der Waals surface area (Å²) in [5.74, 6) is -0.549. The van der Waals surface area contributed by atoms with Crippen molar-refractivity contribution >= 4 is 11.9 Å². The lowest BCUT2D eigenvalue weighted by atomic mass is 10.0. The Morgan fingerprint density at radius 1 is 1.09 bits per heavy atom. The first-order chi connectivity index (χ1) is 10.7. The molecule has 0 aromatic heterocycles. The maximum atomic E-state index is 12.2. The number of aliphatic carboxylic acids is 1. The summed E-state index contributed by atoms with van der Waals surface area (Å²) in [6, 6.07) is 8.21. The SMILES string of the molecule is O=C(O)CCCCCCCNC(=O)C1CCc2ccccc21. The fraction of sp³-hybridized carbons (Fsp3) is 0.556. The molecule has 0 aliphatic heterocycles. The Labute approximate surface area is 131 Å². The van der Waals surface area contributed by atoms with Crippen molar-refractivity contribution in [2.24, 2.45) is 0 Å². The molecule has 0 saturated heterocycles. The molecule has 1 aliphatic rings. The summed E-state index contributed by atoms with van der Waals surface area (Å²) in [6.07, 6.45) is 6.93. The number of rotatable bonds is 9. The first-order valence-corrected chi connectivity index (χ1v) is 8.26. The second kappa shape index (κ2) is 8.57. The van der Waals surface area contributed by atoms with Gasteiger partial charge in [0.2, 0.25) is 5.91 Å². The Hall–Kier alpha value is -1.84. The van der Waals surface area contributed by atoms with Gasteiger partial charge in [-0.15, -0.1) is 0 Å². The Kier molecular flexibility index (Phi) is 6.44. The van der Waals surface area contributed by atoms with Gasteiger partial charge in [0.05, 0.1) is 5.92 Å². The van der Waals surface area contributed by atoms with Crippen LogP contribution in [0.25, 0.3) is 0 Å². The lowest BCUT2D eigenvalue weighted by molar-refractivity contribution is -0.137. The molecule has 4 heteroatoms. The van der Waals surface area contributed by atoms with E-state index in [1.54, 1.807) is 0 Å².